The van der Waals surface area contributed by atoms with Gasteiger partial charge >= 0.3 is 0 Å². The first-order valence-electron chi connectivity index (χ1n) is 26.5. The van der Waals surface area contributed by atoms with Crippen LogP contribution < -0.4 is 54.4 Å². The highest BCUT2D eigenvalue weighted by Crippen LogP contribution is 2.25. The molecule has 80 heavy (non-hydrogen) atoms. The molecule has 21 nitrogen and oxygen atoms in total. The van der Waals surface area contributed by atoms with Crippen LogP contribution in [0.5, 0.6) is 5.75 Å². The number of hydrogen-bond donors (Lipinski definition) is 13. The van der Waals surface area contributed by atoms with Crippen molar-refractivity contribution in [2.24, 2.45) is 23.1 Å². The van der Waals surface area contributed by atoms with Crippen LogP contribution in [-0.2, 0) is 64.0 Å². The first kappa shape index (κ1) is 59.8. The monoisotopic (exact) mass is 1130 g/mol. The number of primary amides is 1. The number of phenols is 1. The van der Waals surface area contributed by atoms with Crippen LogP contribution in [0.3, 0.4) is 0 Å². The molecule has 6 aromatic rings. The van der Waals surface area contributed by atoms with Gasteiger partial charge in [0, 0.05) is 65.0 Å². The van der Waals surface area contributed by atoms with Gasteiger partial charge in [-0.1, -0.05) is 114 Å². The smallest absolute Gasteiger partial charge is 0.244 e. The topological polar surface area (TPSA) is 351 Å². The Labute approximate surface area is 471 Å². The number of carbonyl (C=O) groups is 8. The van der Waals surface area contributed by atoms with Gasteiger partial charge in [0.2, 0.25) is 47.3 Å². The van der Waals surface area contributed by atoms with Gasteiger partial charge in [-0.05, 0) is 84.7 Å². The van der Waals surface area contributed by atoms with Crippen molar-refractivity contribution in [1.29, 1.82) is 0 Å². The number of para-hydroxylation sites is 2. The van der Waals surface area contributed by atoms with Gasteiger partial charge in [-0.3, -0.25) is 38.4 Å². The van der Waals surface area contributed by atoms with E-state index in [4.69, 9.17) is 17.2 Å². The molecule has 3 heterocycles. The van der Waals surface area contributed by atoms with Crippen LogP contribution in [0.4, 0.5) is 0 Å². The number of nitrogens with one attached hydrogen (secondary N) is 9. The van der Waals surface area contributed by atoms with E-state index in [0.29, 0.717) is 29.5 Å². The van der Waals surface area contributed by atoms with Crippen LogP contribution in [0.1, 0.15) is 55.4 Å². The number of aromatic nitrogens is 2. The van der Waals surface area contributed by atoms with Gasteiger partial charge in [0.1, 0.15) is 48.0 Å². The highest BCUT2D eigenvalue weighted by Gasteiger charge is 2.36. The highest BCUT2D eigenvalue weighted by atomic mass is 33.1. The second-order valence-electron chi connectivity index (χ2n) is 20.1. The van der Waals surface area contributed by atoms with Crippen molar-refractivity contribution in [3.8, 4) is 5.75 Å². The molecule has 0 spiro atoms. The fourth-order valence-corrected chi connectivity index (χ4v) is 11.6. The van der Waals surface area contributed by atoms with Crippen molar-refractivity contribution in [2.75, 3.05) is 18.1 Å². The summed E-state index contributed by atoms with van der Waals surface area (Å²) in [6.45, 7) is 3.68. The lowest BCUT2D eigenvalue weighted by Gasteiger charge is -2.29. The highest BCUT2D eigenvalue weighted by molar-refractivity contribution is 8.76. The van der Waals surface area contributed by atoms with E-state index in [1.807, 2.05) is 66.7 Å². The summed E-state index contributed by atoms with van der Waals surface area (Å²) in [5.74, 6) is -7.07. The molecule has 1 fully saturated rings. The summed E-state index contributed by atoms with van der Waals surface area (Å²) >= 11 is 0. The van der Waals surface area contributed by atoms with E-state index in [1.54, 1.807) is 50.5 Å². The van der Waals surface area contributed by atoms with Crippen LogP contribution in [0.25, 0.3) is 21.8 Å². The number of fused-ring (bicyclic) bond motifs is 2. The quantitative estimate of drug-likeness (QED) is 0.0433. The number of carbonyl (C=O) groups excluding carboxylic acids is 8. The van der Waals surface area contributed by atoms with Crippen molar-refractivity contribution in [2.45, 2.75) is 107 Å². The Kier molecular flexibility index (Phi) is 21.6. The first-order valence-corrected chi connectivity index (χ1v) is 29.0. The number of benzene rings is 4. The standard InChI is InChI=1S/C57H70N12O9S2/c1-32(2)49-57(78)68-48(55(76)64-44(50(60)71)26-35-28-61-41-16-8-6-14-38(35)41)31-80-79-30-47(67-51(72)40(59)24-33-12-4-3-5-13-33)56(77)65-45(25-34-19-21-37(70)22-20-34)53(74)66-46(27-36-29-62-42-17-9-7-15-39(36)42)54(75)63-43(52(73)69-49)18-10-11-23-58/h3-9,12-17,19-22,28-29,32,40,43-49,61-62,70H,10-11,18,23-27,30-31,58-59H2,1-2H3,(H2,60,71)(H,63,75)(H,64,76)(H,65,77)(H,66,74)(H,67,72)(H,68,78)(H,69,73)/t40-,43?,44-,45?,46+,47+,48+,49?/m1/s1. The van der Waals surface area contributed by atoms with Crippen LogP contribution in [0.15, 0.2) is 116 Å². The minimum atomic E-state index is -1.40. The molecule has 3 unspecified atom stereocenters. The minimum Gasteiger partial charge on any atom is -0.508 e. The largest absolute Gasteiger partial charge is 0.508 e. The summed E-state index contributed by atoms with van der Waals surface area (Å²) in [5.41, 5.74) is 22.4. The molecule has 0 bridgehead atoms. The van der Waals surface area contributed by atoms with E-state index in [0.717, 1.165) is 49.0 Å². The van der Waals surface area contributed by atoms with E-state index >= 15 is 0 Å². The number of amides is 8. The van der Waals surface area contributed by atoms with E-state index in [-0.39, 0.29) is 55.9 Å². The van der Waals surface area contributed by atoms with Crippen LogP contribution in [0.2, 0.25) is 0 Å². The molecule has 0 saturated carbocycles. The van der Waals surface area contributed by atoms with Gasteiger partial charge in [0.05, 0.1) is 6.04 Å². The molecular weight excluding hydrogens is 1060 g/mol. The Hall–Kier alpha value is -7.86. The number of unbranched alkanes of at least 4 members (excludes halogenated alkanes) is 1. The molecular formula is C57H70N12O9S2. The number of aromatic hydroxyl groups is 1. The predicted octanol–water partition coefficient (Wildman–Crippen LogP) is 2.01. The number of rotatable bonds is 18. The summed E-state index contributed by atoms with van der Waals surface area (Å²) in [5, 5.41) is 31.3. The fraction of sp³-hybridized carbons (Fsp3) is 0.368. The molecule has 8 atom stereocenters. The van der Waals surface area contributed by atoms with Gasteiger partial charge in [0.15, 0.2) is 0 Å². The van der Waals surface area contributed by atoms with E-state index in [1.165, 1.54) is 12.1 Å². The molecule has 1 aliphatic heterocycles. The van der Waals surface area contributed by atoms with Crippen molar-refractivity contribution in [3.05, 3.63) is 138 Å². The average Bonchev–Trinajstić information content (AvgIpc) is 4.06. The predicted molar refractivity (Wildman–Crippen MR) is 309 cm³/mol. The van der Waals surface area contributed by atoms with E-state index < -0.39 is 102 Å². The van der Waals surface area contributed by atoms with Gasteiger partial charge < -0.3 is 69.5 Å². The number of H-pyrrole nitrogens is 2. The zero-order valence-electron chi connectivity index (χ0n) is 44.5. The molecule has 424 valence electrons. The molecule has 7 rings (SSSR count). The SMILES string of the molecule is CC(C)C1NC(=O)C(CCCCN)NC(=O)[C@H](Cc2c[nH]c3ccccc23)NC(=O)C(Cc2ccc(O)cc2)NC(=O)[C@@H](NC(=O)[C@H](N)Cc2ccccc2)CSSC[C@@H](C(=O)N[C@H](Cc2c[nH]c3ccccc23)C(N)=O)NC1=O. The molecule has 0 radical (unpaired) electrons. The third-order valence-electron chi connectivity index (χ3n) is 13.8. The second kappa shape index (κ2) is 28.9. The lowest BCUT2D eigenvalue weighted by atomic mass is 10.00. The zero-order valence-corrected chi connectivity index (χ0v) is 46.1. The van der Waals surface area contributed by atoms with Crippen LogP contribution >= 0.6 is 21.6 Å². The summed E-state index contributed by atoms with van der Waals surface area (Å²) in [6, 6.07) is 19.5. The Morgan fingerprint density at radius 3 is 1.86 bits per heavy atom. The van der Waals surface area contributed by atoms with Gasteiger partial charge in [0.25, 0.3) is 0 Å². The average molecular weight is 1130 g/mol. The second-order valence-corrected chi connectivity index (χ2v) is 22.7. The van der Waals surface area contributed by atoms with Crippen molar-refractivity contribution >= 4 is 90.7 Å². The van der Waals surface area contributed by atoms with Crippen molar-refractivity contribution in [1.82, 2.24) is 47.2 Å². The minimum absolute atomic E-state index is 0.00683. The maximum Gasteiger partial charge on any atom is 0.244 e. The van der Waals surface area contributed by atoms with Gasteiger partial charge in [-0.25, -0.2) is 0 Å². The summed E-state index contributed by atoms with van der Waals surface area (Å²) < 4.78 is 0. The Balaban J connectivity index is 1.25. The Morgan fingerprint density at radius 1 is 0.637 bits per heavy atom. The number of hydrogen-bond acceptors (Lipinski definition) is 13. The number of phenolic OH excluding ortho intramolecular Hbond substituents is 1. The third kappa shape index (κ3) is 16.6. The van der Waals surface area contributed by atoms with Gasteiger partial charge in [-0.2, -0.15) is 0 Å². The number of aromatic amines is 2. The van der Waals surface area contributed by atoms with Gasteiger partial charge in [-0.15, -0.1) is 0 Å². The molecule has 1 aliphatic rings. The first-order chi connectivity index (χ1) is 38.5. The summed E-state index contributed by atoms with van der Waals surface area (Å²) in [4.78, 5) is 121. The summed E-state index contributed by atoms with van der Waals surface area (Å²) in [7, 11) is 2.13. The Bertz CT molecular complexity index is 3120. The molecule has 0 aliphatic carbocycles. The molecule has 4 aromatic carbocycles. The van der Waals surface area contributed by atoms with E-state index in [2.05, 4.69) is 47.2 Å². The lowest BCUT2D eigenvalue weighted by molar-refractivity contribution is -0.136. The Morgan fingerprint density at radius 2 is 1.21 bits per heavy atom. The summed E-state index contributed by atoms with van der Waals surface area (Å²) in [6.07, 6.45) is 4.31. The molecule has 2 aromatic heterocycles. The zero-order chi connectivity index (χ0) is 57.3. The maximum atomic E-state index is 14.9. The van der Waals surface area contributed by atoms with E-state index in [9.17, 15) is 43.5 Å². The maximum absolute atomic E-state index is 14.9. The molecule has 23 heteroatoms. The molecule has 16 N–H and O–H groups in total. The lowest BCUT2D eigenvalue weighted by Crippen LogP contribution is -2.61. The number of nitrogens with two attached hydrogens (primary N) is 3. The van der Waals surface area contributed by atoms with Crippen molar-refractivity contribution in [3.63, 3.8) is 0 Å². The molecule has 1 saturated heterocycles. The third-order valence-corrected chi connectivity index (χ3v) is 16.2. The molecule has 8 amide bonds. The van der Waals surface area contributed by atoms with Crippen LogP contribution in [-0.4, -0.2) is 129 Å². The van der Waals surface area contributed by atoms with Crippen LogP contribution in [0, 0.1) is 5.92 Å². The fourth-order valence-electron chi connectivity index (χ4n) is 9.29. The normalized spacial score (nSPS) is 20.8. The van der Waals surface area contributed by atoms with Crippen molar-refractivity contribution < 1.29 is 43.5 Å².